The maximum Gasteiger partial charge on any atom is 0.306 e. The normalized spacial score (nSPS) is 12.5. The number of esters is 3. The van der Waals surface area contributed by atoms with E-state index in [1.165, 1.54) is 173 Å². The van der Waals surface area contributed by atoms with Crippen LogP contribution in [0.2, 0.25) is 0 Å². The molecule has 0 rings (SSSR count). The molecule has 0 saturated heterocycles. The highest BCUT2D eigenvalue weighted by Crippen LogP contribution is 2.16. The SMILES string of the molecule is CC/C=C\C/C=C\C/C=C\C/C=C\CCCCCCCCCCCCCCC(=O)OCC(COC(=O)CCCCCCCCCC)OC(=O)CCCCCCCCC/C=C\CCCCCCCC. The highest BCUT2D eigenvalue weighted by atomic mass is 16.6. The first-order valence-electron chi connectivity index (χ1n) is 29.3. The van der Waals surface area contributed by atoms with E-state index in [1.807, 2.05) is 0 Å². The molecule has 0 aromatic heterocycles. The summed E-state index contributed by atoms with van der Waals surface area (Å²) < 4.78 is 16.8. The summed E-state index contributed by atoms with van der Waals surface area (Å²) in [5.41, 5.74) is 0. The van der Waals surface area contributed by atoms with Gasteiger partial charge in [0.15, 0.2) is 6.10 Å². The van der Waals surface area contributed by atoms with Crippen molar-refractivity contribution in [3.05, 3.63) is 60.8 Å². The highest BCUT2D eigenvalue weighted by molar-refractivity contribution is 5.71. The summed E-state index contributed by atoms with van der Waals surface area (Å²) in [7, 11) is 0. The number of rotatable bonds is 53. The summed E-state index contributed by atoms with van der Waals surface area (Å²) in [6.07, 6.45) is 70.9. The van der Waals surface area contributed by atoms with Crippen molar-refractivity contribution >= 4 is 17.9 Å². The van der Waals surface area contributed by atoms with Gasteiger partial charge in [-0.15, -0.1) is 0 Å². The number of ether oxygens (including phenoxy) is 3. The third-order valence-electron chi connectivity index (χ3n) is 12.8. The molecule has 0 saturated carbocycles. The van der Waals surface area contributed by atoms with E-state index in [1.54, 1.807) is 0 Å². The van der Waals surface area contributed by atoms with Crippen molar-refractivity contribution in [2.75, 3.05) is 13.2 Å². The zero-order chi connectivity index (χ0) is 49.3. The molecule has 0 spiro atoms. The van der Waals surface area contributed by atoms with Gasteiger partial charge in [0.25, 0.3) is 0 Å². The number of unbranched alkanes of at least 4 members (excludes halogenated alkanes) is 32. The Balaban J connectivity index is 4.18. The fraction of sp³-hybridized carbons (Fsp3) is 0.790. The average Bonchev–Trinajstić information content (AvgIpc) is 3.34. The lowest BCUT2D eigenvalue weighted by Crippen LogP contribution is -2.30. The molecule has 0 aliphatic heterocycles. The maximum absolute atomic E-state index is 12.8. The van der Waals surface area contributed by atoms with E-state index in [0.29, 0.717) is 19.3 Å². The van der Waals surface area contributed by atoms with Crippen molar-refractivity contribution in [1.82, 2.24) is 0 Å². The van der Waals surface area contributed by atoms with Crippen LogP contribution in [0, 0.1) is 0 Å². The van der Waals surface area contributed by atoms with Crippen LogP contribution in [0.5, 0.6) is 0 Å². The van der Waals surface area contributed by atoms with Gasteiger partial charge in [0.1, 0.15) is 13.2 Å². The Morgan fingerprint density at radius 2 is 0.574 bits per heavy atom. The summed E-state index contributed by atoms with van der Waals surface area (Å²) >= 11 is 0. The molecular weight excluding hydrogens is 841 g/mol. The first-order valence-corrected chi connectivity index (χ1v) is 29.3. The summed E-state index contributed by atoms with van der Waals surface area (Å²) in [4.78, 5) is 38.0. The van der Waals surface area contributed by atoms with E-state index in [9.17, 15) is 14.4 Å². The van der Waals surface area contributed by atoms with Gasteiger partial charge in [-0.3, -0.25) is 14.4 Å². The van der Waals surface area contributed by atoms with Gasteiger partial charge in [-0.1, -0.05) is 255 Å². The minimum Gasteiger partial charge on any atom is -0.462 e. The largest absolute Gasteiger partial charge is 0.462 e. The highest BCUT2D eigenvalue weighted by Gasteiger charge is 2.19. The summed E-state index contributed by atoms with van der Waals surface area (Å²) in [5, 5.41) is 0. The van der Waals surface area contributed by atoms with E-state index in [2.05, 4.69) is 81.5 Å². The predicted molar refractivity (Wildman–Crippen MR) is 293 cm³/mol. The van der Waals surface area contributed by atoms with Crippen LogP contribution in [0.3, 0.4) is 0 Å². The van der Waals surface area contributed by atoms with Gasteiger partial charge in [0.2, 0.25) is 0 Å². The van der Waals surface area contributed by atoms with E-state index in [4.69, 9.17) is 14.2 Å². The monoisotopic (exact) mass is 951 g/mol. The van der Waals surface area contributed by atoms with Gasteiger partial charge < -0.3 is 14.2 Å². The fourth-order valence-electron chi connectivity index (χ4n) is 8.37. The van der Waals surface area contributed by atoms with Crippen LogP contribution in [0.1, 0.15) is 297 Å². The lowest BCUT2D eigenvalue weighted by molar-refractivity contribution is -0.167. The van der Waals surface area contributed by atoms with Crippen molar-refractivity contribution in [3.8, 4) is 0 Å². The lowest BCUT2D eigenvalue weighted by Gasteiger charge is -2.18. The van der Waals surface area contributed by atoms with Gasteiger partial charge in [0, 0.05) is 19.3 Å². The van der Waals surface area contributed by atoms with E-state index >= 15 is 0 Å². The molecule has 0 heterocycles. The molecule has 68 heavy (non-hydrogen) atoms. The molecule has 1 atom stereocenters. The average molecular weight is 952 g/mol. The van der Waals surface area contributed by atoms with Gasteiger partial charge in [-0.05, 0) is 83.5 Å². The molecule has 0 aromatic rings. The molecule has 394 valence electrons. The molecule has 0 N–H and O–H groups in total. The number of hydrogen-bond donors (Lipinski definition) is 0. The molecule has 0 fully saturated rings. The minimum absolute atomic E-state index is 0.0736. The molecule has 0 aliphatic carbocycles. The number of hydrogen-bond acceptors (Lipinski definition) is 6. The van der Waals surface area contributed by atoms with Crippen LogP contribution in [-0.4, -0.2) is 37.2 Å². The third-order valence-corrected chi connectivity index (χ3v) is 12.8. The lowest BCUT2D eigenvalue weighted by atomic mass is 10.0. The zero-order valence-corrected chi connectivity index (χ0v) is 45.1. The Morgan fingerprint density at radius 1 is 0.309 bits per heavy atom. The van der Waals surface area contributed by atoms with Crippen molar-refractivity contribution in [2.45, 2.75) is 303 Å². The van der Waals surface area contributed by atoms with Crippen LogP contribution in [0.4, 0.5) is 0 Å². The van der Waals surface area contributed by atoms with Crippen LogP contribution >= 0.6 is 0 Å². The Morgan fingerprint density at radius 3 is 0.912 bits per heavy atom. The quantitative estimate of drug-likeness (QED) is 0.0262. The topological polar surface area (TPSA) is 78.9 Å². The van der Waals surface area contributed by atoms with Gasteiger partial charge in [-0.2, -0.15) is 0 Å². The first kappa shape index (κ1) is 65.1. The van der Waals surface area contributed by atoms with Gasteiger partial charge in [0.05, 0.1) is 0 Å². The summed E-state index contributed by atoms with van der Waals surface area (Å²) in [6, 6.07) is 0. The molecule has 0 aliphatic rings. The molecule has 0 amide bonds. The minimum atomic E-state index is -0.773. The van der Waals surface area contributed by atoms with Gasteiger partial charge >= 0.3 is 17.9 Å². The van der Waals surface area contributed by atoms with Crippen LogP contribution in [-0.2, 0) is 28.6 Å². The van der Waals surface area contributed by atoms with Crippen molar-refractivity contribution < 1.29 is 28.6 Å². The summed E-state index contributed by atoms with van der Waals surface area (Å²) in [6.45, 7) is 6.52. The van der Waals surface area contributed by atoms with E-state index in [-0.39, 0.29) is 31.1 Å². The van der Waals surface area contributed by atoms with Crippen molar-refractivity contribution in [2.24, 2.45) is 0 Å². The molecular formula is C62H110O6. The molecule has 6 heteroatoms. The Bertz CT molecular complexity index is 1230. The molecule has 0 radical (unpaired) electrons. The second-order valence-corrected chi connectivity index (χ2v) is 19.5. The molecule has 1 unspecified atom stereocenters. The standard InChI is InChI=1S/C62H110O6/c1-4-7-10-13-16-19-21-23-25-27-28-29-30-31-32-33-34-36-37-39-41-43-46-49-52-55-61(64)67-58-59(57-66-60(63)54-51-48-45-18-15-12-9-6-3)68-62(65)56-53-50-47-44-42-40-38-35-26-24-22-20-17-14-11-8-5-2/h7,10,16,19,23-26,28-29,59H,4-6,8-9,11-15,17-18,20-22,27,30-58H2,1-3H3/b10-7-,19-16-,25-23-,26-24-,29-28-. The third kappa shape index (κ3) is 54.1. The van der Waals surface area contributed by atoms with Crippen molar-refractivity contribution in [1.29, 1.82) is 0 Å². The van der Waals surface area contributed by atoms with E-state index < -0.39 is 6.10 Å². The Hall–Kier alpha value is -2.89. The second kappa shape index (κ2) is 56.7. The Labute approximate surface area is 421 Å². The van der Waals surface area contributed by atoms with Crippen LogP contribution < -0.4 is 0 Å². The predicted octanol–water partition coefficient (Wildman–Crippen LogP) is 19.6. The molecule has 6 nitrogen and oxygen atoms in total. The molecule has 0 bridgehead atoms. The smallest absolute Gasteiger partial charge is 0.306 e. The maximum atomic E-state index is 12.8. The number of carbonyl (C=O) groups excluding carboxylic acids is 3. The first-order chi connectivity index (χ1) is 33.5. The van der Waals surface area contributed by atoms with Crippen molar-refractivity contribution in [3.63, 3.8) is 0 Å². The van der Waals surface area contributed by atoms with Crippen LogP contribution in [0.15, 0.2) is 60.8 Å². The summed E-state index contributed by atoms with van der Waals surface area (Å²) in [5.74, 6) is -0.873. The van der Waals surface area contributed by atoms with E-state index in [0.717, 1.165) is 83.5 Å². The number of carbonyl (C=O) groups is 3. The zero-order valence-electron chi connectivity index (χ0n) is 45.1. The number of allylic oxidation sites excluding steroid dienone is 10. The second-order valence-electron chi connectivity index (χ2n) is 19.5. The Kier molecular flexibility index (Phi) is 54.3. The fourth-order valence-corrected chi connectivity index (χ4v) is 8.37. The van der Waals surface area contributed by atoms with Crippen LogP contribution in [0.25, 0.3) is 0 Å². The molecule has 0 aromatic carbocycles. The van der Waals surface area contributed by atoms with Gasteiger partial charge in [-0.25, -0.2) is 0 Å².